The molecule has 1 aromatic rings. The van der Waals surface area contributed by atoms with E-state index in [1.54, 1.807) is 4.90 Å². The molecular weight excluding hydrogens is 278 g/mol. The van der Waals surface area contributed by atoms with Gasteiger partial charge in [-0.15, -0.1) is 0 Å². The molecule has 0 unspecified atom stereocenters. The molecule has 1 aromatic carbocycles. The van der Waals surface area contributed by atoms with Crippen molar-refractivity contribution >= 4 is 17.3 Å². The van der Waals surface area contributed by atoms with E-state index in [0.717, 1.165) is 25.2 Å². The Labute approximate surface area is 131 Å². The van der Waals surface area contributed by atoms with Crippen LogP contribution in [0.25, 0.3) is 0 Å². The number of nitrogens with one attached hydrogen (secondary N) is 2. The lowest BCUT2D eigenvalue weighted by Crippen LogP contribution is -3.12. The summed E-state index contributed by atoms with van der Waals surface area (Å²) in [6, 6.07) is 9.66. The molecule has 2 rings (SSSR count). The first-order valence-electron chi connectivity index (χ1n) is 7.57. The van der Waals surface area contributed by atoms with Crippen LogP contribution < -0.4 is 10.3 Å². The van der Waals surface area contributed by atoms with Crippen LogP contribution in [0.5, 0.6) is 0 Å². The number of nitriles is 1. The van der Waals surface area contributed by atoms with E-state index in [-0.39, 0.29) is 11.6 Å². The summed E-state index contributed by atoms with van der Waals surface area (Å²) in [5, 5.41) is 13.1. The van der Waals surface area contributed by atoms with Crippen LogP contribution in [0.15, 0.2) is 29.4 Å². The molecule has 1 aliphatic rings. The fraction of sp³-hybridized carbons (Fsp3) is 0.438. The van der Waals surface area contributed by atoms with Gasteiger partial charge in [-0.1, -0.05) is 19.1 Å². The van der Waals surface area contributed by atoms with Gasteiger partial charge in [-0.05, 0) is 24.1 Å². The number of rotatable bonds is 4. The Morgan fingerprint density at radius 1 is 1.36 bits per heavy atom. The largest absolute Gasteiger partial charge is 0.334 e. The van der Waals surface area contributed by atoms with Gasteiger partial charge >= 0.3 is 0 Å². The molecule has 6 heteroatoms. The first kappa shape index (κ1) is 16.0. The number of anilines is 1. The van der Waals surface area contributed by atoms with E-state index in [4.69, 9.17) is 5.26 Å². The third kappa shape index (κ3) is 4.06. The molecule has 1 fully saturated rings. The summed E-state index contributed by atoms with van der Waals surface area (Å²) in [6.45, 7) is 5.21. The predicted octanol–water partition coefficient (Wildman–Crippen LogP) is -0.103. The second kappa shape index (κ2) is 7.57. The molecule has 0 aromatic heterocycles. The minimum Gasteiger partial charge on any atom is -0.334 e. The number of quaternary nitrogens is 1. The van der Waals surface area contributed by atoms with Gasteiger partial charge in [0.15, 0.2) is 0 Å². The summed E-state index contributed by atoms with van der Waals surface area (Å²) >= 11 is 0. The highest BCUT2D eigenvalue weighted by atomic mass is 16.2. The van der Waals surface area contributed by atoms with Crippen molar-refractivity contribution in [3.05, 3.63) is 29.8 Å². The Bertz CT molecular complexity index is 580. The van der Waals surface area contributed by atoms with E-state index >= 15 is 0 Å². The molecule has 1 amide bonds. The Morgan fingerprint density at radius 2 is 2.00 bits per heavy atom. The monoisotopic (exact) mass is 300 g/mol. The van der Waals surface area contributed by atoms with Crippen molar-refractivity contribution in [3.63, 3.8) is 0 Å². The molecule has 0 radical (unpaired) electrons. The van der Waals surface area contributed by atoms with Crippen LogP contribution in [0.3, 0.4) is 0 Å². The minimum absolute atomic E-state index is 0.0980. The number of carbonyl (C=O) groups is 1. The molecule has 1 saturated heterocycles. The molecule has 6 nitrogen and oxygen atoms in total. The summed E-state index contributed by atoms with van der Waals surface area (Å²) in [6.07, 6.45) is 0.969. The van der Waals surface area contributed by atoms with Crippen LogP contribution in [0.2, 0.25) is 0 Å². The van der Waals surface area contributed by atoms with Gasteiger partial charge < -0.3 is 9.80 Å². The van der Waals surface area contributed by atoms with Crippen LogP contribution in [0, 0.1) is 11.3 Å². The van der Waals surface area contributed by atoms with Gasteiger partial charge in [0.05, 0.1) is 38.9 Å². The lowest BCUT2D eigenvalue weighted by Gasteiger charge is -2.29. The maximum Gasteiger partial charge on any atom is 0.285 e. The van der Waals surface area contributed by atoms with Gasteiger partial charge in [-0.25, -0.2) is 0 Å². The third-order valence-electron chi connectivity index (χ3n) is 3.87. The number of piperazine rings is 1. The Hall–Kier alpha value is -2.39. The standard InChI is InChI=1S/C16H21N5O/c1-3-13-4-6-14(7-5-13)18-19-15(12-17)16(22)21-10-8-20(2)9-11-21/h4-7,18H,3,8-11H2,1-2H3/p+1/b19-15-. The predicted molar refractivity (Wildman–Crippen MR) is 85.7 cm³/mol. The normalized spacial score (nSPS) is 16.2. The molecule has 0 saturated carbocycles. The van der Waals surface area contributed by atoms with Crippen molar-refractivity contribution in [1.82, 2.24) is 4.90 Å². The lowest BCUT2D eigenvalue weighted by atomic mass is 10.2. The molecule has 116 valence electrons. The Kier molecular flexibility index (Phi) is 5.50. The average molecular weight is 300 g/mol. The molecule has 1 heterocycles. The minimum atomic E-state index is -0.298. The summed E-state index contributed by atoms with van der Waals surface area (Å²) in [5.41, 5.74) is 4.68. The lowest BCUT2D eigenvalue weighted by molar-refractivity contribution is -0.883. The highest BCUT2D eigenvalue weighted by molar-refractivity contribution is 6.45. The van der Waals surface area contributed by atoms with Crippen molar-refractivity contribution < 1.29 is 9.69 Å². The number of nitrogens with zero attached hydrogens (tertiary/aromatic N) is 3. The zero-order valence-corrected chi connectivity index (χ0v) is 13.1. The smallest absolute Gasteiger partial charge is 0.285 e. The molecule has 0 spiro atoms. The first-order valence-corrected chi connectivity index (χ1v) is 7.57. The number of benzene rings is 1. The van der Waals surface area contributed by atoms with Crippen LogP contribution >= 0.6 is 0 Å². The SMILES string of the molecule is CCc1ccc(N/N=C(/C#N)C(=O)N2CC[NH+](C)CC2)cc1. The maximum atomic E-state index is 12.3. The van der Waals surface area contributed by atoms with E-state index in [0.29, 0.717) is 13.1 Å². The van der Waals surface area contributed by atoms with Gasteiger partial charge in [-0.3, -0.25) is 10.2 Å². The fourth-order valence-corrected chi connectivity index (χ4v) is 2.30. The highest BCUT2D eigenvalue weighted by Gasteiger charge is 2.25. The van der Waals surface area contributed by atoms with Gasteiger partial charge in [0.1, 0.15) is 6.07 Å². The molecule has 1 aliphatic heterocycles. The number of carbonyl (C=O) groups excluding carboxylic acids is 1. The first-order chi connectivity index (χ1) is 10.6. The van der Waals surface area contributed by atoms with Crippen LogP contribution in [0.4, 0.5) is 5.69 Å². The van der Waals surface area contributed by atoms with Crippen molar-refractivity contribution in [2.45, 2.75) is 13.3 Å². The van der Waals surface area contributed by atoms with Crippen molar-refractivity contribution in [3.8, 4) is 6.07 Å². The summed E-state index contributed by atoms with van der Waals surface area (Å²) in [7, 11) is 2.10. The number of likely N-dealkylation sites (N-methyl/N-ethyl adjacent to an activating group) is 1. The second-order valence-corrected chi connectivity index (χ2v) is 5.48. The number of hydrogen-bond acceptors (Lipinski definition) is 4. The molecule has 0 atom stereocenters. The van der Waals surface area contributed by atoms with Crippen LogP contribution in [-0.2, 0) is 11.2 Å². The van der Waals surface area contributed by atoms with Crippen molar-refractivity contribution in [2.75, 3.05) is 38.7 Å². The van der Waals surface area contributed by atoms with Crippen molar-refractivity contribution in [1.29, 1.82) is 5.26 Å². The number of hydrogen-bond donors (Lipinski definition) is 2. The maximum absolute atomic E-state index is 12.3. The fourth-order valence-electron chi connectivity index (χ4n) is 2.30. The van der Waals surface area contributed by atoms with E-state index in [1.807, 2.05) is 30.3 Å². The van der Waals surface area contributed by atoms with Crippen molar-refractivity contribution in [2.24, 2.45) is 5.10 Å². The van der Waals surface area contributed by atoms with Crippen LogP contribution in [-0.4, -0.2) is 49.7 Å². The van der Waals surface area contributed by atoms with E-state index in [1.165, 1.54) is 10.5 Å². The van der Waals surface area contributed by atoms with Gasteiger partial charge in [0, 0.05) is 0 Å². The third-order valence-corrected chi connectivity index (χ3v) is 3.87. The van der Waals surface area contributed by atoms with Crippen LogP contribution in [0.1, 0.15) is 12.5 Å². The number of amides is 1. The van der Waals surface area contributed by atoms with E-state index in [9.17, 15) is 4.79 Å². The Balaban J connectivity index is 2.00. The number of aryl methyl sites for hydroxylation is 1. The Morgan fingerprint density at radius 3 is 2.55 bits per heavy atom. The molecular formula is C16H22N5O+. The van der Waals surface area contributed by atoms with Gasteiger partial charge in [-0.2, -0.15) is 10.4 Å². The molecule has 22 heavy (non-hydrogen) atoms. The molecule has 0 aliphatic carbocycles. The summed E-state index contributed by atoms with van der Waals surface area (Å²) in [4.78, 5) is 15.4. The topological polar surface area (TPSA) is 72.9 Å². The molecule has 2 N–H and O–H groups in total. The summed E-state index contributed by atoms with van der Waals surface area (Å²) in [5.74, 6) is -0.298. The van der Waals surface area contributed by atoms with Gasteiger partial charge in [0.25, 0.3) is 5.91 Å². The highest BCUT2D eigenvalue weighted by Crippen LogP contribution is 2.10. The zero-order chi connectivity index (χ0) is 15.9. The molecule has 0 bridgehead atoms. The zero-order valence-electron chi connectivity index (χ0n) is 13.1. The van der Waals surface area contributed by atoms with E-state index < -0.39 is 0 Å². The number of hydrazone groups is 1. The average Bonchev–Trinajstić information content (AvgIpc) is 2.56. The second-order valence-electron chi connectivity index (χ2n) is 5.48. The van der Waals surface area contributed by atoms with Gasteiger partial charge in [0.2, 0.25) is 5.71 Å². The quantitative estimate of drug-likeness (QED) is 0.602. The van der Waals surface area contributed by atoms with E-state index in [2.05, 4.69) is 24.5 Å². The summed E-state index contributed by atoms with van der Waals surface area (Å²) < 4.78 is 0.